The first-order valence-corrected chi connectivity index (χ1v) is 8.24. The first kappa shape index (κ1) is 14.3. The highest BCUT2D eigenvalue weighted by molar-refractivity contribution is 4.90. The molecule has 0 aromatic heterocycles. The Labute approximate surface area is 113 Å². The Morgan fingerprint density at radius 2 is 2.00 bits per heavy atom. The summed E-state index contributed by atoms with van der Waals surface area (Å²) in [5, 5.41) is 0. The summed E-state index contributed by atoms with van der Waals surface area (Å²) >= 11 is 0. The van der Waals surface area contributed by atoms with E-state index in [1.807, 2.05) is 0 Å². The van der Waals surface area contributed by atoms with Gasteiger partial charge in [-0.2, -0.15) is 0 Å². The van der Waals surface area contributed by atoms with Gasteiger partial charge in [-0.3, -0.25) is 4.90 Å². The van der Waals surface area contributed by atoms with E-state index in [4.69, 9.17) is 5.73 Å². The van der Waals surface area contributed by atoms with Gasteiger partial charge >= 0.3 is 0 Å². The van der Waals surface area contributed by atoms with E-state index in [-0.39, 0.29) is 0 Å². The van der Waals surface area contributed by atoms with Crippen molar-refractivity contribution >= 4 is 0 Å². The third-order valence-electron chi connectivity index (χ3n) is 5.15. The molecule has 2 aliphatic rings. The van der Waals surface area contributed by atoms with E-state index in [1.165, 1.54) is 57.9 Å². The maximum Gasteiger partial charge on any atom is 0.0171 e. The molecule has 1 aliphatic carbocycles. The van der Waals surface area contributed by atoms with Crippen LogP contribution in [-0.2, 0) is 0 Å². The van der Waals surface area contributed by atoms with Crippen molar-refractivity contribution in [2.75, 3.05) is 13.1 Å². The van der Waals surface area contributed by atoms with E-state index in [9.17, 15) is 0 Å². The maximum absolute atomic E-state index is 6.30. The van der Waals surface area contributed by atoms with Crippen LogP contribution in [0.2, 0.25) is 0 Å². The lowest BCUT2D eigenvalue weighted by atomic mass is 9.77. The first-order chi connectivity index (χ1) is 8.74. The third-order valence-corrected chi connectivity index (χ3v) is 5.15. The highest BCUT2D eigenvalue weighted by Gasteiger charge is 2.34. The number of piperidine rings is 1. The van der Waals surface area contributed by atoms with Crippen LogP contribution in [0.15, 0.2) is 0 Å². The predicted octanol–water partition coefficient (Wildman–Crippen LogP) is 3.40. The number of nitrogens with two attached hydrogens (primary N) is 1. The lowest BCUT2D eigenvalue weighted by molar-refractivity contribution is 0.0442. The Hall–Kier alpha value is -0.0800. The van der Waals surface area contributed by atoms with Crippen LogP contribution in [0, 0.1) is 11.8 Å². The zero-order valence-electron chi connectivity index (χ0n) is 12.4. The number of hydrogen-bond donors (Lipinski definition) is 1. The third kappa shape index (κ3) is 3.48. The molecule has 18 heavy (non-hydrogen) atoms. The highest BCUT2D eigenvalue weighted by Crippen LogP contribution is 2.35. The van der Waals surface area contributed by atoms with Gasteiger partial charge in [0.05, 0.1) is 0 Å². The summed E-state index contributed by atoms with van der Waals surface area (Å²) < 4.78 is 0. The lowest BCUT2D eigenvalue weighted by Crippen LogP contribution is -2.53. The molecule has 2 nitrogen and oxygen atoms in total. The summed E-state index contributed by atoms with van der Waals surface area (Å²) in [6.45, 7) is 7.13. The normalized spacial score (nSPS) is 32.2. The van der Waals surface area contributed by atoms with Crippen molar-refractivity contribution < 1.29 is 0 Å². The van der Waals surface area contributed by atoms with Crippen LogP contribution in [0.5, 0.6) is 0 Å². The van der Waals surface area contributed by atoms with Crippen LogP contribution >= 0.6 is 0 Å². The van der Waals surface area contributed by atoms with Crippen molar-refractivity contribution in [2.45, 2.75) is 77.3 Å². The fraction of sp³-hybridized carbons (Fsp3) is 1.00. The minimum absolute atomic E-state index is 0.426. The van der Waals surface area contributed by atoms with E-state index >= 15 is 0 Å². The van der Waals surface area contributed by atoms with Gasteiger partial charge in [0.15, 0.2) is 0 Å². The molecule has 0 aromatic rings. The number of likely N-dealkylation sites (tertiary alicyclic amines) is 1. The standard InChI is InChI=1S/C16H32N2/c1-3-5-7-13-10-15(17)12-18(11-13)16(4-2)14-8-6-9-14/h13-16H,3-12,17H2,1-2H3. The summed E-state index contributed by atoms with van der Waals surface area (Å²) in [6.07, 6.45) is 11.1. The van der Waals surface area contributed by atoms with Gasteiger partial charge in [-0.05, 0) is 43.9 Å². The quantitative estimate of drug-likeness (QED) is 0.785. The second kappa shape index (κ2) is 6.91. The Kier molecular flexibility index (Phi) is 5.50. The Balaban J connectivity index is 1.89. The van der Waals surface area contributed by atoms with Crippen LogP contribution in [0.25, 0.3) is 0 Å². The molecular weight excluding hydrogens is 220 g/mol. The van der Waals surface area contributed by atoms with Gasteiger partial charge in [-0.1, -0.05) is 33.1 Å². The minimum Gasteiger partial charge on any atom is -0.327 e. The van der Waals surface area contributed by atoms with Gasteiger partial charge in [0.1, 0.15) is 0 Å². The van der Waals surface area contributed by atoms with Gasteiger partial charge < -0.3 is 5.73 Å². The largest absolute Gasteiger partial charge is 0.327 e. The summed E-state index contributed by atoms with van der Waals surface area (Å²) in [6, 6.07) is 1.25. The summed E-state index contributed by atoms with van der Waals surface area (Å²) in [7, 11) is 0. The van der Waals surface area contributed by atoms with Crippen LogP contribution in [0.4, 0.5) is 0 Å². The van der Waals surface area contributed by atoms with Crippen LogP contribution < -0.4 is 5.73 Å². The van der Waals surface area contributed by atoms with Crippen LogP contribution in [0.1, 0.15) is 65.2 Å². The fourth-order valence-electron chi connectivity index (χ4n) is 3.97. The molecule has 3 unspecified atom stereocenters. The second-order valence-corrected chi connectivity index (χ2v) is 6.62. The van der Waals surface area contributed by atoms with Crippen molar-refractivity contribution in [1.29, 1.82) is 0 Å². The number of nitrogens with zero attached hydrogens (tertiary/aromatic N) is 1. The van der Waals surface area contributed by atoms with Gasteiger partial charge in [0.2, 0.25) is 0 Å². The Bertz CT molecular complexity index is 237. The van der Waals surface area contributed by atoms with Crippen LogP contribution in [-0.4, -0.2) is 30.1 Å². The van der Waals surface area contributed by atoms with Crippen molar-refractivity contribution in [3.05, 3.63) is 0 Å². The summed E-state index contributed by atoms with van der Waals surface area (Å²) in [5.74, 6) is 1.84. The Morgan fingerprint density at radius 1 is 1.22 bits per heavy atom. The van der Waals surface area contributed by atoms with Crippen molar-refractivity contribution in [2.24, 2.45) is 17.6 Å². The average molecular weight is 252 g/mol. The number of hydrogen-bond acceptors (Lipinski definition) is 2. The zero-order chi connectivity index (χ0) is 13.0. The molecule has 2 N–H and O–H groups in total. The van der Waals surface area contributed by atoms with Crippen molar-refractivity contribution in [3.8, 4) is 0 Å². The smallest absolute Gasteiger partial charge is 0.0171 e. The zero-order valence-corrected chi connectivity index (χ0v) is 12.4. The average Bonchev–Trinajstić information content (AvgIpc) is 2.30. The molecule has 2 heteroatoms. The first-order valence-electron chi connectivity index (χ1n) is 8.24. The van der Waals surface area contributed by atoms with E-state index in [2.05, 4.69) is 18.7 Å². The molecule has 1 saturated carbocycles. The molecule has 0 radical (unpaired) electrons. The molecule has 1 heterocycles. The van der Waals surface area contributed by atoms with Crippen molar-refractivity contribution in [3.63, 3.8) is 0 Å². The minimum atomic E-state index is 0.426. The molecule has 1 saturated heterocycles. The van der Waals surface area contributed by atoms with Crippen molar-refractivity contribution in [1.82, 2.24) is 4.90 Å². The van der Waals surface area contributed by atoms with E-state index in [0.717, 1.165) is 24.4 Å². The molecule has 0 amide bonds. The van der Waals surface area contributed by atoms with Gasteiger partial charge in [0, 0.05) is 25.2 Å². The molecule has 0 spiro atoms. The van der Waals surface area contributed by atoms with Gasteiger partial charge in [-0.25, -0.2) is 0 Å². The number of rotatable bonds is 6. The Morgan fingerprint density at radius 3 is 2.56 bits per heavy atom. The van der Waals surface area contributed by atoms with Gasteiger partial charge in [-0.15, -0.1) is 0 Å². The molecule has 1 aliphatic heterocycles. The topological polar surface area (TPSA) is 29.3 Å². The molecule has 0 aromatic carbocycles. The number of unbranched alkanes of at least 4 members (excludes halogenated alkanes) is 1. The predicted molar refractivity (Wildman–Crippen MR) is 78.6 cm³/mol. The molecule has 3 atom stereocenters. The summed E-state index contributed by atoms with van der Waals surface area (Å²) in [4.78, 5) is 2.75. The van der Waals surface area contributed by atoms with E-state index in [0.29, 0.717) is 6.04 Å². The maximum atomic E-state index is 6.30. The summed E-state index contributed by atoms with van der Waals surface area (Å²) in [5.41, 5.74) is 6.30. The van der Waals surface area contributed by atoms with E-state index in [1.54, 1.807) is 0 Å². The fourth-order valence-corrected chi connectivity index (χ4v) is 3.97. The highest BCUT2D eigenvalue weighted by atomic mass is 15.2. The van der Waals surface area contributed by atoms with E-state index < -0.39 is 0 Å². The molecular formula is C16H32N2. The molecule has 2 rings (SSSR count). The SMILES string of the molecule is CCCCC1CC(N)CN(C(CC)C2CCC2)C1. The molecule has 2 fully saturated rings. The monoisotopic (exact) mass is 252 g/mol. The van der Waals surface area contributed by atoms with Gasteiger partial charge in [0.25, 0.3) is 0 Å². The van der Waals surface area contributed by atoms with Crippen LogP contribution in [0.3, 0.4) is 0 Å². The molecule has 0 bridgehead atoms. The molecule has 106 valence electrons. The second-order valence-electron chi connectivity index (χ2n) is 6.62. The lowest BCUT2D eigenvalue weighted by Gasteiger charge is -2.46.